The molecule has 0 aliphatic carbocycles. The summed E-state index contributed by atoms with van der Waals surface area (Å²) in [6.07, 6.45) is 1.68. The molecule has 0 unspecified atom stereocenters. The lowest BCUT2D eigenvalue weighted by molar-refractivity contribution is 0.102. The Morgan fingerprint density at radius 3 is 2.64 bits per heavy atom. The molecule has 1 amide bonds. The number of hydrogen-bond acceptors (Lipinski definition) is 4. The predicted octanol–water partition coefficient (Wildman–Crippen LogP) is 2.73. The van der Waals surface area contributed by atoms with Gasteiger partial charge in [-0.05, 0) is 42.5 Å². The number of rotatable bonds is 4. The number of aromatic nitrogens is 3. The summed E-state index contributed by atoms with van der Waals surface area (Å²) >= 11 is 0. The van der Waals surface area contributed by atoms with Gasteiger partial charge < -0.3 is 10.1 Å². The Labute approximate surface area is 127 Å². The second-order valence-electron chi connectivity index (χ2n) is 4.56. The number of nitrogens with zero attached hydrogens (tertiary/aromatic N) is 2. The highest BCUT2D eigenvalue weighted by molar-refractivity contribution is 6.03. The van der Waals surface area contributed by atoms with Crippen LogP contribution in [0.5, 0.6) is 5.75 Å². The van der Waals surface area contributed by atoms with Gasteiger partial charge in [-0.15, -0.1) is 0 Å². The molecule has 110 valence electrons. The van der Waals surface area contributed by atoms with Crippen LogP contribution in [0.4, 0.5) is 5.69 Å². The minimum Gasteiger partial charge on any atom is -0.497 e. The molecule has 3 rings (SSSR count). The maximum atomic E-state index is 12.2. The second kappa shape index (κ2) is 6.09. The molecular formula is C16H14N4O2. The van der Waals surface area contributed by atoms with E-state index in [1.807, 2.05) is 18.2 Å². The smallest absolute Gasteiger partial charge is 0.273 e. The standard InChI is InChI=1S/C16H14N4O2/c1-22-12-7-5-11(6-8-12)18-16(21)15-10-14(19-20-15)13-4-2-3-9-17-13/h2-10H,1H3,(H,18,21)(H,19,20). The normalized spacial score (nSPS) is 10.2. The van der Waals surface area contributed by atoms with E-state index in [1.54, 1.807) is 43.6 Å². The molecule has 0 radical (unpaired) electrons. The third-order valence-electron chi connectivity index (χ3n) is 3.10. The number of carbonyl (C=O) groups excluding carboxylic acids is 1. The van der Waals surface area contributed by atoms with Gasteiger partial charge in [0.25, 0.3) is 5.91 Å². The number of H-pyrrole nitrogens is 1. The lowest BCUT2D eigenvalue weighted by Gasteiger charge is -2.04. The first-order valence-corrected chi connectivity index (χ1v) is 6.68. The Morgan fingerprint density at radius 1 is 1.14 bits per heavy atom. The maximum absolute atomic E-state index is 12.2. The number of aromatic amines is 1. The van der Waals surface area contributed by atoms with Crippen LogP contribution in [0.2, 0.25) is 0 Å². The SMILES string of the molecule is COc1ccc(NC(=O)c2cc(-c3ccccn3)n[nH]2)cc1. The monoisotopic (exact) mass is 294 g/mol. The minimum absolute atomic E-state index is 0.264. The number of hydrogen-bond donors (Lipinski definition) is 2. The molecule has 0 atom stereocenters. The van der Waals surface area contributed by atoms with Crippen LogP contribution in [0.25, 0.3) is 11.4 Å². The van der Waals surface area contributed by atoms with Gasteiger partial charge in [0.05, 0.1) is 12.8 Å². The van der Waals surface area contributed by atoms with Crippen molar-refractivity contribution < 1.29 is 9.53 Å². The van der Waals surface area contributed by atoms with Crippen LogP contribution in [0, 0.1) is 0 Å². The quantitative estimate of drug-likeness (QED) is 0.775. The van der Waals surface area contributed by atoms with E-state index in [-0.39, 0.29) is 5.91 Å². The average molecular weight is 294 g/mol. The molecule has 1 aromatic carbocycles. The zero-order chi connectivity index (χ0) is 15.4. The van der Waals surface area contributed by atoms with E-state index >= 15 is 0 Å². The summed E-state index contributed by atoms with van der Waals surface area (Å²) in [5.74, 6) is 0.469. The summed E-state index contributed by atoms with van der Waals surface area (Å²) in [4.78, 5) is 16.4. The summed E-state index contributed by atoms with van der Waals surface area (Å²) in [6, 6.07) is 14.3. The average Bonchev–Trinajstić information content (AvgIpc) is 3.06. The van der Waals surface area contributed by atoms with Crippen LogP contribution in [0.3, 0.4) is 0 Å². The molecule has 6 heteroatoms. The van der Waals surface area contributed by atoms with Crippen molar-refractivity contribution in [3.63, 3.8) is 0 Å². The Bertz CT molecular complexity index is 766. The molecule has 6 nitrogen and oxygen atoms in total. The fourth-order valence-corrected chi connectivity index (χ4v) is 1.96. The van der Waals surface area contributed by atoms with Gasteiger partial charge >= 0.3 is 0 Å². The van der Waals surface area contributed by atoms with Crippen LogP contribution in [0.1, 0.15) is 10.5 Å². The number of nitrogens with one attached hydrogen (secondary N) is 2. The van der Waals surface area contributed by atoms with Crippen molar-refractivity contribution in [1.82, 2.24) is 15.2 Å². The first-order chi connectivity index (χ1) is 10.8. The number of benzene rings is 1. The number of ether oxygens (including phenoxy) is 1. The number of amides is 1. The molecule has 0 aliphatic heterocycles. The number of anilines is 1. The van der Waals surface area contributed by atoms with E-state index in [0.717, 1.165) is 5.75 Å². The van der Waals surface area contributed by atoms with E-state index in [1.165, 1.54) is 0 Å². The summed E-state index contributed by atoms with van der Waals surface area (Å²) in [6.45, 7) is 0. The van der Waals surface area contributed by atoms with Crippen molar-refractivity contribution in [3.05, 3.63) is 60.4 Å². The van der Waals surface area contributed by atoms with Gasteiger partial charge in [-0.2, -0.15) is 5.10 Å². The molecule has 2 N–H and O–H groups in total. The van der Waals surface area contributed by atoms with E-state index in [9.17, 15) is 4.79 Å². The summed E-state index contributed by atoms with van der Waals surface area (Å²) in [5, 5.41) is 9.62. The van der Waals surface area contributed by atoms with Crippen LogP contribution in [-0.4, -0.2) is 28.2 Å². The zero-order valence-electron chi connectivity index (χ0n) is 11.9. The number of carbonyl (C=O) groups is 1. The fraction of sp³-hybridized carbons (Fsp3) is 0.0625. The summed E-state index contributed by atoms with van der Waals surface area (Å²) in [5.41, 5.74) is 2.39. The van der Waals surface area contributed by atoms with Crippen LogP contribution < -0.4 is 10.1 Å². The summed E-state index contributed by atoms with van der Waals surface area (Å²) in [7, 11) is 1.59. The highest BCUT2D eigenvalue weighted by Gasteiger charge is 2.11. The maximum Gasteiger partial charge on any atom is 0.273 e. The Morgan fingerprint density at radius 2 is 1.95 bits per heavy atom. The first-order valence-electron chi connectivity index (χ1n) is 6.68. The van der Waals surface area contributed by atoms with Crippen molar-refractivity contribution in [2.45, 2.75) is 0 Å². The minimum atomic E-state index is -0.264. The van der Waals surface area contributed by atoms with E-state index in [2.05, 4.69) is 20.5 Å². The molecule has 3 aromatic rings. The largest absolute Gasteiger partial charge is 0.497 e. The fourth-order valence-electron chi connectivity index (χ4n) is 1.96. The number of methoxy groups -OCH3 is 1. The summed E-state index contributed by atoms with van der Waals surface area (Å²) < 4.78 is 5.08. The highest BCUT2D eigenvalue weighted by Crippen LogP contribution is 2.17. The molecule has 0 saturated heterocycles. The van der Waals surface area contributed by atoms with E-state index in [4.69, 9.17) is 4.74 Å². The zero-order valence-corrected chi connectivity index (χ0v) is 11.9. The van der Waals surface area contributed by atoms with Crippen molar-refractivity contribution in [3.8, 4) is 17.1 Å². The Hall–Kier alpha value is -3.15. The third kappa shape index (κ3) is 2.95. The molecule has 0 fully saturated rings. The second-order valence-corrected chi connectivity index (χ2v) is 4.56. The Kier molecular flexibility index (Phi) is 3.82. The molecule has 0 bridgehead atoms. The lowest BCUT2D eigenvalue weighted by Crippen LogP contribution is -2.12. The van der Waals surface area contributed by atoms with Crippen LogP contribution >= 0.6 is 0 Å². The Balaban J connectivity index is 1.74. The predicted molar refractivity (Wildman–Crippen MR) is 82.8 cm³/mol. The van der Waals surface area contributed by atoms with Crippen molar-refractivity contribution >= 4 is 11.6 Å². The third-order valence-corrected chi connectivity index (χ3v) is 3.10. The molecule has 0 saturated carbocycles. The molecule has 22 heavy (non-hydrogen) atoms. The van der Waals surface area contributed by atoms with E-state index in [0.29, 0.717) is 22.8 Å². The van der Waals surface area contributed by atoms with E-state index < -0.39 is 0 Å². The van der Waals surface area contributed by atoms with Gasteiger partial charge in [0.1, 0.15) is 17.1 Å². The van der Waals surface area contributed by atoms with Gasteiger partial charge in [-0.1, -0.05) is 6.07 Å². The first kappa shape index (κ1) is 13.8. The molecule has 0 spiro atoms. The highest BCUT2D eigenvalue weighted by atomic mass is 16.5. The molecule has 2 aromatic heterocycles. The van der Waals surface area contributed by atoms with Crippen molar-refractivity contribution in [2.75, 3.05) is 12.4 Å². The van der Waals surface area contributed by atoms with Gasteiger partial charge in [0.2, 0.25) is 0 Å². The number of pyridine rings is 1. The lowest BCUT2D eigenvalue weighted by atomic mass is 10.2. The topological polar surface area (TPSA) is 79.9 Å². The molecule has 2 heterocycles. The van der Waals surface area contributed by atoms with Crippen LogP contribution in [-0.2, 0) is 0 Å². The van der Waals surface area contributed by atoms with Gasteiger partial charge in [-0.3, -0.25) is 14.9 Å². The molecular weight excluding hydrogens is 280 g/mol. The van der Waals surface area contributed by atoms with Gasteiger partial charge in [-0.25, -0.2) is 0 Å². The van der Waals surface area contributed by atoms with Gasteiger partial charge in [0.15, 0.2) is 0 Å². The van der Waals surface area contributed by atoms with Crippen molar-refractivity contribution in [1.29, 1.82) is 0 Å². The van der Waals surface area contributed by atoms with Crippen molar-refractivity contribution in [2.24, 2.45) is 0 Å². The van der Waals surface area contributed by atoms with Crippen LogP contribution in [0.15, 0.2) is 54.7 Å². The van der Waals surface area contributed by atoms with Gasteiger partial charge in [0, 0.05) is 11.9 Å². The molecule has 0 aliphatic rings.